The van der Waals surface area contributed by atoms with E-state index >= 15 is 0 Å². The van der Waals surface area contributed by atoms with E-state index in [1.807, 2.05) is 34.6 Å². The second kappa shape index (κ2) is 5.64. The minimum Gasteiger partial charge on any atom is -0.373 e. The Balaban J connectivity index is 4.26. The topological polar surface area (TPSA) is 26.3 Å². The molecular weight excluding hydrogens is 188 g/mol. The Hall–Kier alpha value is -0.370. The zero-order valence-electron chi connectivity index (χ0n) is 11.3. The summed E-state index contributed by atoms with van der Waals surface area (Å²) in [6, 6.07) is 0. The molecular formula is C13H26O2. The molecule has 0 aromatic carbocycles. The SMILES string of the molecule is CC(C)OC(C)(C)CC(C)C(=O)C(C)C. The molecule has 0 rings (SSSR count). The summed E-state index contributed by atoms with van der Waals surface area (Å²) in [5, 5.41) is 0. The molecule has 0 bridgehead atoms. The molecule has 0 saturated carbocycles. The van der Waals surface area contributed by atoms with Gasteiger partial charge in [0.1, 0.15) is 5.78 Å². The molecule has 0 heterocycles. The van der Waals surface area contributed by atoms with Crippen LogP contribution in [0.3, 0.4) is 0 Å². The third-order valence-corrected chi connectivity index (χ3v) is 2.41. The molecule has 0 spiro atoms. The average Bonchev–Trinajstić information content (AvgIpc) is 1.98. The maximum atomic E-state index is 11.8. The van der Waals surface area contributed by atoms with E-state index in [0.717, 1.165) is 6.42 Å². The van der Waals surface area contributed by atoms with Gasteiger partial charge in [0.05, 0.1) is 11.7 Å². The van der Waals surface area contributed by atoms with Crippen molar-refractivity contribution in [2.24, 2.45) is 11.8 Å². The lowest BCUT2D eigenvalue weighted by Crippen LogP contribution is -2.33. The van der Waals surface area contributed by atoms with Gasteiger partial charge in [-0.05, 0) is 34.1 Å². The van der Waals surface area contributed by atoms with Crippen LogP contribution in [-0.4, -0.2) is 17.5 Å². The van der Waals surface area contributed by atoms with Crippen molar-refractivity contribution in [2.75, 3.05) is 0 Å². The molecule has 2 nitrogen and oxygen atoms in total. The minimum atomic E-state index is -0.210. The van der Waals surface area contributed by atoms with Crippen LogP contribution in [0.25, 0.3) is 0 Å². The highest BCUT2D eigenvalue weighted by atomic mass is 16.5. The van der Waals surface area contributed by atoms with Crippen molar-refractivity contribution in [2.45, 2.75) is 66.6 Å². The van der Waals surface area contributed by atoms with Crippen molar-refractivity contribution in [1.82, 2.24) is 0 Å². The molecule has 1 unspecified atom stereocenters. The lowest BCUT2D eigenvalue weighted by molar-refractivity contribution is -0.129. The Labute approximate surface area is 94.4 Å². The molecule has 0 aromatic rings. The first-order chi connectivity index (χ1) is 6.65. The highest BCUT2D eigenvalue weighted by Crippen LogP contribution is 2.24. The summed E-state index contributed by atoms with van der Waals surface area (Å²) in [6.07, 6.45) is 1.00. The van der Waals surface area contributed by atoms with Crippen molar-refractivity contribution in [3.05, 3.63) is 0 Å². The average molecular weight is 214 g/mol. The quantitative estimate of drug-likeness (QED) is 0.677. The largest absolute Gasteiger partial charge is 0.373 e. The first kappa shape index (κ1) is 14.6. The molecule has 0 aliphatic carbocycles. The predicted octanol–water partition coefficient (Wildman–Crippen LogP) is 3.44. The number of ether oxygens (including phenoxy) is 1. The van der Waals surface area contributed by atoms with E-state index in [1.54, 1.807) is 0 Å². The summed E-state index contributed by atoms with van der Waals surface area (Å²) in [5.41, 5.74) is -0.210. The molecule has 90 valence electrons. The van der Waals surface area contributed by atoms with Crippen molar-refractivity contribution in [3.63, 3.8) is 0 Å². The minimum absolute atomic E-state index is 0.0822. The fraction of sp³-hybridized carbons (Fsp3) is 0.923. The Kier molecular flexibility index (Phi) is 5.50. The summed E-state index contributed by atoms with van der Waals surface area (Å²) in [5.74, 6) is 0.532. The van der Waals surface area contributed by atoms with Gasteiger partial charge in [-0.25, -0.2) is 0 Å². The zero-order chi connectivity index (χ0) is 12.2. The van der Waals surface area contributed by atoms with Gasteiger partial charge in [0.2, 0.25) is 0 Å². The highest BCUT2D eigenvalue weighted by Gasteiger charge is 2.27. The first-order valence-electron chi connectivity index (χ1n) is 5.87. The predicted molar refractivity (Wildman–Crippen MR) is 63.9 cm³/mol. The summed E-state index contributed by atoms with van der Waals surface area (Å²) < 4.78 is 5.79. The van der Waals surface area contributed by atoms with E-state index < -0.39 is 0 Å². The summed E-state index contributed by atoms with van der Waals surface area (Å²) in [4.78, 5) is 11.8. The standard InChI is InChI=1S/C13H26O2/c1-9(2)12(14)11(5)8-13(6,7)15-10(3)4/h9-11H,8H2,1-7H3. The maximum absolute atomic E-state index is 11.8. The molecule has 0 saturated heterocycles. The number of carbonyl (C=O) groups excluding carboxylic acids is 1. The number of ketones is 1. The van der Waals surface area contributed by atoms with Crippen molar-refractivity contribution in [3.8, 4) is 0 Å². The molecule has 2 heteroatoms. The fourth-order valence-corrected chi connectivity index (χ4v) is 2.09. The lowest BCUT2D eigenvalue weighted by Gasteiger charge is -2.30. The van der Waals surface area contributed by atoms with Crippen LogP contribution in [0.15, 0.2) is 0 Å². The smallest absolute Gasteiger partial charge is 0.138 e. The van der Waals surface area contributed by atoms with Crippen molar-refractivity contribution in [1.29, 1.82) is 0 Å². The second-order valence-electron chi connectivity index (χ2n) is 5.59. The Bertz CT molecular complexity index is 205. The zero-order valence-corrected chi connectivity index (χ0v) is 11.3. The third-order valence-electron chi connectivity index (χ3n) is 2.41. The number of rotatable bonds is 6. The first-order valence-corrected chi connectivity index (χ1v) is 5.87. The van der Waals surface area contributed by atoms with Gasteiger partial charge >= 0.3 is 0 Å². The van der Waals surface area contributed by atoms with Crippen molar-refractivity contribution < 1.29 is 9.53 Å². The van der Waals surface area contributed by atoms with Gasteiger partial charge in [0, 0.05) is 11.8 Å². The van der Waals surface area contributed by atoms with Gasteiger partial charge in [0.15, 0.2) is 0 Å². The summed E-state index contributed by atoms with van der Waals surface area (Å²) in [6.45, 7) is 14.1. The number of Topliss-reactive ketones (excluding diaryl/α,β-unsaturated/α-hetero) is 1. The molecule has 0 aromatic heterocycles. The monoisotopic (exact) mass is 214 g/mol. The Morgan fingerprint density at radius 1 is 1.13 bits per heavy atom. The van der Waals surface area contributed by atoms with E-state index in [1.165, 1.54) is 0 Å². The summed E-state index contributed by atoms with van der Waals surface area (Å²) in [7, 11) is 0. The van der Waals surface area contributed by atoms with E-state index in [9.17, 15) is 4.79 Å². The second-order valence-corrected chi connectivity index (χ2v) is 5.59. The number of hydrogen-bond donors (Lipinski definition) is 0. The van der Waals surface area contributed by atoms with Gasteiger partial charge in [-0.2, -0.15) is 0 Å². The Morgan fingerprint density at radius 3 is 1.93 bits per heavy atom. The van der Waals surface area contributed by atoms with Crippen LogP contribution in [0.1, 0.15) is 54.9 Å². The number of hydrogen-bond acceptors (Lipinski definition) is 2. The Morgan fingerprint density at radius 2 is 1.60 bits per heavy atom. The van der Waals surface area contributed by atoms with E-state index in [-0.39, 0.29) is 23.5 Å². The molecule has 0 amide bonds. The maximum Gasteiger partial charge on any atom is 0.138 e. The van der Waals surface area contributed by atoms with Crippen LogP contribution in [0.2, 0.25) is 0 Å². The van der Waals surface area contributed by atoms with Gasteiger partial charge < -0.3 is 4.74 Å². The molecule has 0 aliphatic heterocycles. The molecule has 0 N–H and O–H groups in total. The van der Waals surface area contributed by atoms with E-state index in [0.29, 0.717) is 5.78 Å². The van der Waals surface area contributed by atoms with Gasteiger partial charge in [-0.3, -0.25) is 4.79 Å². The van der Waals surface area contributed by atoms with Crippen LogP contribution in [0.5, 0.6) is 0 Å². The van der Waals surface area contributed by atoms with E-state index in [4.69, 9.17) is 4.74 Å². The van der Waals surface area contributed by atoms with Crippen LogP contribution in [-0.2, 0) is 9.53 Å². The molecule has 0 radical (unpaired) electrons. The molecule has 0 fully saturated rings. The van der Waals surface area contributed by atoms with Gasteiger partial charge in [0.25, 0.3) is 0 Å². The fourth-order valence-electron chi connectivity index (χ4n) is 2.09. The lowest BCUT2D eigenvalue weighted by atomic mass is 9.87. The van der Waals surface area contributed by atoms with E-state index in [2.05, 4.69) is 13.8 Å². The molecule has 0 aliphatic rings. The van der Waals surface area contributed by atoms with Crippen LogP contribution in [0, 0.1) is 11.8 Å². The van der Waals surface area contributed by atoms with Gasteiger partial charge in [-0.15, -0.1) is 0 Å². The highest BCUT2D eigenvalue weighted by molar-refractivity contribution is 5.82. The van der Waals surface area contributed by atoms with Crippen LogP contribution in [0.4, 0.5) is 0 Å². The third kappa shape index (κ3) is 5.93. The van der Waals surface area contributed by atoms with Gasteiger partial charge in [-0.1, -0.05) is 20.8 Å². The normalized spacial score (nSPS) is 14.7. The molecule has 1 atom stereocenters. The van der Waals surface area contributed by atoms with Crippen molar-refractivity contribution >= 4 is 5.78 Å². The van der Waals surface area contributed by atoms with Crippen LogP contribution < -0.4 is 0 Å². The molecule has 15 heavy (non-hydrogen) atoms. The summed E-state index contributed by atoms with van der Waals surface area (Å²) >= 11 is 0. The number of carbonyl (C=O) groups is 1. The van der Waals surface area contributed by atoms with Crippen LogP contribution >= 0.6 is 0 Å².